The van der Waals surface area contributed by atoms with Crippen molar-refractivity contribution >= 4 is 29.6 Å². The number of carbonyl (C=O) groups excluding carboxylic acids is 2. The largest absolute Gasteiger partial charge is 0.508 e. The standard InChI is InChI=1S/C15H17NO7S/c1-7-13-9(4-8(17)5-11(13)18)15(22)23-3-2-12(19)16-10(6-24-7)14(20)21/h4-5,7,10,17-18H,2-3,6H2,1H3,(H,16,19)(H,20,21)/t7-,10?/m1/s1. The fourth-order valence-electron chi connectivity index (χ4n) is 2.30. The van der Waals surface area contributed by atoms with Crippen molar-refractivity contribution in [1.82, 2.24) is 5.32 Å². The Morgan fingerprint density at radius 1 is 1.33 bits per heavy atom. The lowest BCUT2D eigenvalue weighted by Gasteiger charge is -2.21. The summed E-state index contributed by atoms with van der Waals surface area (Å²) in [6, 6.07) is 1.18. The minimum absolute atomic E-state index is 0.0136. The number of cyclic esters (lactones) is 1. The molecule has 0 aliphatic carbocycles. The van der Waals surface area contributed by atoms with Crippen molar-refractivity contribution in [2.24, 2.45) is 0 Å². The molecule has 2 atom stereocenters. The minimum atomic E-state index is -1.17. The van der Waals surface area contributed by atoms with Crippen LogP contribution in [-0.4, -0.2) is 51.6 Å². The molecule has 9 heteroatoms. The fraction of sp³-hybridized carbons (Fsp3) is 0.400. The van der Waals surface area contributed by atoms with Gasteiger partial charge in [-0.15, -0.1) is 0 Å². The van der Waals surface area contributed by atoms with Gasteiger partial charge in [0.2, 0.25) is 5.91 Å². The number of carboxylic acid groups (broad SMARTS) is 1. The monoisotopic (exact) mass is 355 g/mol. The molecule has 0 bridgehead atoms. The van der Waals surface area contributed by atoms with E-state index in [1.165, 1.54) is 6.07 Å². The minimum Gasteiger partial charge on any atom is -0.508 e. The summed E-state index contributed by atoms with van der Waals surface area (Å²) in [5.74, 6) is -3.01. The Labute approximate surface area is 141 Å². The van der Waals surface area contributed by atoms with Gasteiger partial charge in [0.1, 0.15) is 24.1 Å². The normalized spacial score (nSPS) is 22.4. The Morgan fingerprint density at radius 2 is 2.04 bits per heavy atom. The quantitative estimate of drug-likeness (QED) is 0.549. The SMILES string of the molecule is C[C@H]1SCC(C(=O)O)NC(=O)CCOC(=O)c2cc(O)cc(O)c21. The van der Waals surface area contributed by atoms with Crippen LogP contribution in [0.15, 0.2) is 12.1 Å². The van der Waals surface area contributed by atoms with Crippen LogP contribution in [0.2, 0.25) is 0 Å². The van der Waals surface area contributed by atoms with Gasteiger partial charge in [0, 0.05) is 22.6 Å². The van der Waals surface area contributed by atoms with Crippen molar-refractivity contribution in [2.75, 3.05) is 12.4 Å². The molecule has 1 aromatic rings. The number of phenols is 2. The Balaban J connectivity index is 2.39. The van der Waals surface area contributed by atoms with Gasteiger partial charge in [-0.05, 0) is 13.0 Å². The average molecular weight is 355 g/mol. The van der Waals surface area contributed by atoms with Crippen LogP contribution in [0.5, 0.6) is 11.5 Å². The lowest BCUT2D eigenvalue weighted by molar-refractivity contribution is -0.141. The topological polar surface area (TPSA) is 133 Å². The molecule has 0 saturated carbocycles. The number of thioether (sulfide) groups is 1. The van der Waals surface area contributed by atoms with E-state index in [9.17, 15) is 29.7 Å². The molecule has 24 heavy (non-hydrogen) atoms. The van der Waals surface area contributed by atoms with Crippen LogP contribution in [-0.2, 0) is 14.3 Å². The van der Waals surface area contributed by atoms with Gasteiger partial charge in [-0.2, -0.15) is 11.8 Å². The van der Waals surface area contributed by atoms with E-state index in [4.69, 9.17) is 4.74 Å². The van der Waals surface area contributed by atoms with E-state index in [-0.39, 0.29) is 41.4 Å². The first kappa shape index (κ1) is 17.9. The number of phenolic OH excluding ortho intramolecular Hbond substituents is 2. The van der Waals surface area contributed by atoms with Gasteiger partial charge >= 0.3 is 11.9 Å². The number of aromatic hydroxyl groups is 2. The second kappa shape index (κ2) is 7.43. The highest BCUT2D eigenvalue weighted by Gasteiger charge is 2.27. The van der Waals surface area contributed by atoms with Crippen molar-refractivity contribution in [1.29, 1.82) is 0 Å². The van der Waals surface area contributed by atoms with Crippen molar-refractivity contribution in [3.63, 3.8) is 0 Å². The van der Waals surface area contributed by atoms with Crippen molar-refractivity contribution in [2.45, 2.75) is 24.6 Å². The maximum Gasteiger partial charge on any atom is 0.338 e. The van der Waals surface area contributed by atoms with E-state index in [1.807, 2.05) is 0 Å². The highest BCUT2D eigenvalue weighted by molar-refractivity contribution is 7.99. The molecule has 1 amide bonds. The van der Waals surface area contributed by atoms with Gasteiger partial charge in [-0.25, -0.2) is 9.59 Å². The molecule has 0 saturated heterocycles. The number of hydrogen-bond donors (Lipinski definition) is 4. The number of ether oxygens (including phenoxy) is 1. The Bertz CT molecular complexity index is 676. The molecule has 1 heterocycles. The number of aliphatic carboxylic acids is 1. The Hall–Kier alpha value is -2.42. The predicted octanol–water partition coefficient (Wildman–Crippen LogP) is 1.02. The predicted molar refractivity (Wildman–Crippen MR) is 85.1 cm³/mol. The third-order valence-corrected chi connectivity index (χ3v) is 4.74. The first-order valence-electron chi connectivity index (χ1n) is 7.16. The number of hydrogen-bond acceptors (Lipinski definition) is 7. The average Bonchev–Trinajstić information content (AvgIpc) is 2.48. The smallest absolute Gasteiger partial charge is 0.338 e. The van der Waals surface area contributed by atoms with Crippen LogP contribution in [0.25, 0.3) is 0 Å². The number of amides is 1. The summed E-state index contributed by atoms with van der Waals surface area (Å²) in [6.07, 6.45) is -0.185. The van der Waals surface area contributed by atoms with Crippen LogP contribution in [0, 0.1) is 0 Å². The van der Waals surface area contributed by atoms with Gasteiger partial charge in [-0.3, -0.25) is 4.79 Å². The summed E-state index contributed by atoms with van der Waals surface area (Å²) >= 11 is 1.15. The first-order chi connectivity index (χ1) is 11.3. The molecule has 4 N–H and O–H groups in total. The summed E-state index contributed by atoms with van der Waals surface area (Å²) in [6.45, 7) is 1.44. The number of benzene rings is 1. The van der Waals surface area contributed by atoms with E-state index in [2.05, 4.69) is 5.32 Å². The van der Waals surface area contributed by atoms with Gasteiger partial charge in [0.25, 0.3) is 0 Å². The molecular formula is C15H17NO7S. The van der Waals surface area contributed by atoms with Gasteiger partial charge in [-0.1, -0.05) is 0 Å². The van der Waals surface area contributed by atoms with Crippen LogP contribution >= 0.6 is 11.8 Å². The zero-order valence-corrected chi connectivity index (χ0v) is 13.6. The number of carbonyl (C=O) groups is 3. The summed E-state index contributed by atoms with van der Waals surface area (Å²) < 4.78 is 4.99. The highest BCUT2D eigenvalue weighted by Crippen LogP contribution is 2.39. The van der Waals surface area contributed by atoms with E-state index >= 15 is 0 Å². The van der Waals surface area contributed by atoms with Crippen molar-refractivity contribution in [3.8, 4) is 11.5 Å². The van der Waals surface area contributed by atoms with Crippen LogP contribution in [0.3, 0.4) is 0 Å². The third kappa shape index (κ3) is 4.10. The van der Waals surface area contributed by atoms with E-state index < -0.39 is 29.1 Å². The summed E-state index contributed by atoms with van der Waals surface area (Å²) in [7, 11) is 0. The second-order valence-electron chi connectivity index (χ2n) is 5.25. The lowest BCUT2D eigenvalue weighted by Crippen LogP contribution is -2.43. The molecular weight excluding hydrogens is 338 g/mol. The molecule has 0 radical (unpaired) electrons. The molecule has 0 aromatic heterocycles. The van der Waals surface area contributed by atoms with E-state index in [1.54, 1.807) is 6.92 Å². The number of rotatable bonds is 1. The van der Waals surface area contributed by atoms with Crippen LogP contribution in [0.1, 0.15) is 34.5 Å². The number of esters is 1. The summed E-state index contributed by atoms with van der Waals surface area (Å²) in [4.78, 5) is 35.1. The van der Waals surface area contributed by atoms with Crippen molar-refractivity contribution < 1.29 is 34.4 Å². The molecule has 0 spiro atoms. The van der Waals surface area contributed by atoms with Gasteiger partial charge in [0.05, 0.1) is 12.0 Å². The summed E-state index contributed by atoms with van der Waals surface area (Å²) in [5.41, 5.74) is 0.235. The van der Waals surface area contributed by atoms with Crippen molar-refractivity contribution in [3.05, 3.63) is 23.3 Å². The zero-order chi connectivity index (χ0) is 17.9. The number of fused-ring (bicyclic) bond motifs is 1. The first-order valence-corrected chi connectivity index (χ1v) is 8.21. The maximum atomic E-state index is 12.2. The molecule has 8 nitrogen and oxygen atoms in total. The number of nitrogens with one attached hydrogen (secondary N) is 1. The fourth-order valence-corrected chi connectivity index (χ4v) is 3.42. The molecule has 130 valence electrons. The molecule has 0 fully saturated rings. The molecule has 2 rings (SSSR count). The third-order valence-electron chi connectivity index (χ3n) is 3.48. The lowest BCUT2D eigenvalue weighted by atomic mass is 10.0. The Morgan fingerprint density at radius 3 is 2.71 bits per heavy atom. The maximum absolute atomic E-state index is 12.2. The van der Waals surface area contributed by atoms with E-state index in [0.29, 0.717) is 0 Å². The highest BCUT2D eigenvalue weighted by atomic mass is 32.2. The van der Waals surface area contributed by atoms with Gasteiger partial charge < -0.3 is 25.4 Å². The van der Waals surface area contributed by atoms with Gasteiger partial charge in [0.15, 0.2) is 0 Å². The summed E-state index contributed by atoms with van der Waals surface area (Å²) in [5, 5.41) is 30.8. The van der Waals surface area contributed by atoms with E-state index in [0.717, 1.165) is 17.8 Å². The number of carboxylic acids is 1. The molecule has 1 aromatic carbocycles. The second-order valence-corrected chi connectivity index (χ2v) is 6.62. The zero-order valence-electron chi connectivity index (χ0n) is 12.8. The van der Waals surface area contributed by atoms with Crippen LogP contribution < -0.4 is 5.32 Å². The molecule has 1 aliphatic heterocycles. The van der Waals surface area contributed by atoms with Crippen LogP contribution in [0.4, 0.5) is 0 Å². The Kier molecular flexibility index (Phi) is 5.55. The molecule has 1 aliphatic rings. The molecule has 1 unspecified atom stereocenters.